The zero-order chi connectivity index (χ0) is 10.9. The summed E-state index contributed by atoms with van der Waals surface area (Å²) in [6.07, 6.45) is -2.11. The van der Waals surface area contributed by atoms with E-state index in [-0.39, 0.29) is 0 Å². The topological polar surface area (TPSA) is 138 Å². The number of aliphatic hydroxyl groups excluding tert-OH is 3. The van der Waals surface area contributed by atoms with Crippen molar-refractivity contribution in [3.8, 4) is 0 Å². The van der Waals surface area contributed by atoms with Crippen LogP contribution >= 0.6 is 7.60 Å². The lowest BCUT2D eigenvalue weighted by Crippen LogP contribution is -2.49. The Kier molecular flexibility index (Phi) is 4.01. The Morgan fingerprint density at radius 2 is 1.77 bits per heavy atom. The molecular formula is C5H13O7P. The minimum atomic E-state index is -4.89. The summed E-state index contributed by atoms with van der Waals surface area (Å²) in [5, 5.41) is 35.5. The van der Waals surface area contributed by atoms with E-state index in [1.807, 2.05) is 0 Å². The molecule has 80 valence electrons. The third-order valence-electron chi connectivity index (χ3n) is 1.58. The summed E-state index contributed by atoms with van der Waals surface area (Å²) in [6, 6.07) is 0. The Hall–Kier alpha value is -0.0100. The maximum atomic E-state index is 10.4. The Balaban J connectivity index is 4.61. The van der Waals surface area contributed by atoms with Crippen molar-refractivity contribution in [2.45, 2.75) is 24.5 Å². The van der Waals surface area contributed by atoms with E-state index < -0.39 is 31.8 Å². The van der Waals surface area contributed by atoms with Crippen LogP contribution in [-0.4, -0.2) is 54.4 Å². The van der Waals surface area contributed by atoms with E-state index in [1.165, 1.54) is 0 Å². The Labute approximate surface area is 74.4 Å². The highest BCUT2D eigenvalue weighted by molar-refractivity contribution is 7.52. The molecule has 0 amide bonds. The molecule has 0 aromatic heterocycles. The Morgan fingerprint density at radius 1 is 1.38 bits per heavy atom. The molecule has 0 radical (unpaired) electrons. The Bertz CT molecular complexity index is 209. The van der Waals surface area contributed by atoms with Crippen LogP contribution in [0, 0.1) is 0 Å². The molecule has 3 atom stereocenters. The molecule has 0 saturated carbocycles. The van der Waals surface area contributed by atoms with Gasteiger partial charge in [0.15, 0.2) is 5.85 Å². The van der Waals surface area contributed by atoms with Gasteiger partial charge < -0.3 is 30.2 Å². The molecule has 7 nitrogen and oxygen atoms in total. The van der Waals surface area contributed by atoms with Gasteiger partial charge >= 0.3 is 7.60 Å². The van der Waals surface area contributed by atoms with Gasteiger partial charge in [0, 0.05) is 0 Å². The first-order valence-corrected chi connectivity index (χ1v) is 5.05. The number of rotatable bonds is 4. The first-order chi connectivity index (χ1) is 5.63. The molecular weight excluding hydrogens is 203 g/mol. The monoisotopic (exact) mass is 216 g/mol. The standard InChI is InChI=1S/C5H13O7P/c1-5(9,2-6)3(7)4(8)13(10,11)12/h3-4,6-9H,2H2,1H3,(H2,10,11,12)/t3-,4?,5+/m1/s1. The van der Waals surface area contributed by atoms with Crippen LogP contribution in [0.2, 0.25) is 0 Å². The zero-order valence-corrected chi connectivity index (χ0v) is 7.79. The number of hydrogen-bond donors (Lipinski definition) is 6. The molecule has 0 aliphatic rings. The highest BCUT2D eigenvalue weighted by atomic mass is 31.2. The highest BCUT2D eigenvalue weighted by Crippen LogP contribution is 2.43. The summed E-state index contributed by atoms with van der Waals surface area (Å²) >= 11 is 0. The van der Waals surface area contributed by atoms with E-state index in [1.54, 1.807) is 0 Å². The van der Waals surface area contributed by atoms with E-state index in [2.05, 4.69) is 0 Å². The average molecular weight is 216 g/mol. The predicted octanol–water partition coefficient (Wildman–Crippen LogP) is -2.41. The van der Waals surface area contributed by atoms with Gasteiger partial charge in [-0.1, -0.05) is 0 Å². The van der Waals surface area contributed by atoms with Crippen LogP contribution in [-0.2, 0) is 4.57 Å². The van der Waals surface area contributed by atoms with Crippen LogP contribution in [0.5, 0.6) is 0 Å². The summed E-state index contributed by atoms with van der Waals surface area (Å²) < 4.78 is 10.4. The van der Waals surface area contributed by atoms with Crippen LogP contribution < -0.4 is 0 Å². The molecule has 0 aliphatic heterocycles. The molecule has 13 heavy (non-hydrogen) atoms. The van der Waals surface area contributed by atoms with Gasteiger partial charge in [0.2, 0.25) is 0 Å². The summed E-state index contributed by atoms with van der Waals surface area (Å²) in [5.74, 6) is -2.41. The lowest BCUT2D eigenvalue weighted by atomic mass is 10.0. The lowest BCUT2D eigenvalue weighted by Gasteiger charge is -2.30. The average Bonchev–Trinajstić information content (AvgIpc) is 2.00. The summed E-state index contributed by atoms with van der Waals surface area (Å²) in [7, 11) is -4.89. The van der Waals surface area contributed by atoms with Crippen molar-refractivity contribution in [3.05, 3.63) is 0 Å². The van der Waals surface area contributed by atoms with Crippen LogP contribution in [0.15, 0.2) is 0 Å². The third kappa shape index (κ3) is 3.32. The minimum Gasteiger partial charge on any atom is -0.393 e. The normalized spacial score (nSPS) is 22.1. The van der Waals surface area contributed by atoms with Gasteiger partial charge in [-0.3, -0.25) is 4.57 Å². The Morgan fingerprint density at radius 3 is 2.00 bits per heavy atom. The molecule has 0 rings (SSSR count). The molecule has 0 spiro atoms. The van der Waals surface area contributed by atoms with E-state index in [0.29, 0.717) is 0 Å². The lowest BCUT2D eigenvalue weighted by molar-refractivity contribution is -0.121. The largest absolute Gasteiger partial charge is 0.393 e. The van der Waals surface area contributed by atoms with Gasteiger partial charge in [0.05, 0.1) is 6.61 Å². The molecule has 0 heterocycles. The van der Waals surface area contributed by atoms with Crippen molar-refractivity contribution in [2.75, 3.05) is 6.61 Å². The van der Waals surface area contributed by atoms with Crippen LogP contribution in [0.25, 0.3) is 0 Å². The van der Waals surface area contributed by atoms with Crippen LogP contribution in [0.1, 0.15) is 6.92 Å². The van der Waals surface area contributed by atoms with E-state index in [0.717, 1.165) is 6.92 Å². The molecule has 0 fully saturated rings. The van der Waals surface area contributed by atoms with Crippen molar-refractivity contribution in [1.82, 2.24) is 0 Å². The summed E-state index contributed by atoms with van der Waals surface area (Å²) in [5.41, 5.74) is -2.15. The van der Waals surface area contributed by atoms with Crippen molar-refractivity contribution in [1.29, 1.82) is 0 Å². The highest BCUT2D eigenvalue weighted by Gasteiger charge is 2.43. The second-order valence-electron chi connectivity index (χ2n) is 2.96. The van der Waals surface area contributed by atoms with Gasteiger partial charge in [-0.15, -0.1) is 0 Å². The molecule has 0 aliphatic carbocycles. The van der Waals surface area contributed by atoms with Crippen molar-refractivity contribution < 1.29 is 34.8 Å². The summed E-state index contributed by atoms with van der Waals surface area (Å²) in [6.45, 7) is 0.0156. The van der Waals surface area contributed by atoms with Gasteiger partial charge in [0.1, 0.15) is 11.7 Å². The van der Waals surface area contributed by atoms with Gasteiger partial charge in [0.25, 0.3) is 0 Å². The van der Waals surface area contributed by atoms with Gasteiger partial charge in [-0.25, -0.2) is 0 Å². The smallest absolute Gasteiger partial charge is 0.356 e. The third-order valence-corrected chi connectivity index (χ3v) is 2.56. The second kappa shape index (κ2) is 4.02. The van der Waals surface area contributed by atoms with Crippen LogP contribution in [0.3, 0.4) is 0 Å². The molecule has 0 saturated heterocycles. The molecule has 0 aromatic carbocycles. The maximum Gasteiger partial charge on any atom is 0.356 e. The number of hydrogen-bond acceptors (Lipinski definition) is 5. The second-order valence-corrected chi connectivity index (χ2v) is 4.67. The minimum absolute atomic E-state index is 0.925. The molecule has 0 aromatic rings. The molecule has 6 N–H and O–H groups in total. The van der Waals surface area contributed by atoms with Crippen molar-refractivity contribution in [3.63, 3.8) is 0 Å². The maximum absolute atomic E-state index is 10.4. The number of aliphatic hydroxyl groups is 4. The van der Waals surface area contributed by atoms with Crippen molar-refractivity contribution in [2.24, 2.45) is 0 Å². The van der Waals surface area contributed by atoms with Crippen LogP contribution in [0.4, 0.5) is 0 Å². The fraction of sp³-hybridized carbons (Fsp3) is 1.00. The SMILES string of the molecule is C[C@](O)(CO)[C@H](O)C(O)P(=O)(O)O. The van der Waals surface area contributed by atoms with Gasteiger partial charge in [-0.2, -0.15) is 0 Å². The first-order valence-electron chi connectivity index (χ1n) is 3.37. The molecule has 0 bridgehead atoms. The fourth-order valence-electron chi connectivity index (χ4n) is 0.599. The van der Waals surface area contributed by atoms with E-state index in [9.17, 15) is 4.57 Å². The molecule has 8 heteroatoms. The quantitative estimate of drug-likeness (QED) is 0.287. The van der Waals surface area contributed by atoms with Crippen molar-refractivity contribution >= 4 is 7.60 Å². The van der Waals surface area contributed by atoms with E-state index in [4.69, 9.17) is 30.2 Å². The predicted molar refractivity (Wildman–Crippen MR) is 41.8 cm³/mol. The summed E-state index contributed by atoms with van der Waals surface area (Å²) in [4.78, 5) is 16.8. The first kappa shape index (κ1) is 13.0. The fourth-order valence-corrected chi connectivity index (χ4v) is 1.29. The molecule has 1 unspecified atom stereocenters. The van der Waals surface area contributed by atoms with E-state index >= 15 is 0 Å². The zero-order valence-electron chi connectivity index (χ0n) is 6.90. The van der Waals surface area contributed by atoms with Gasteiger partial charge in [-0.05, 0) is 6.92 Å².